The maximum atomic E-state index is 10.6. The number of carboxylic acid groups (broad SMARTS) is 1. The quantitative estimate of drug-likeness (QED) is 0.584. The van der Waals surface area contributed by atoms with Crippen LogP contribution in [0.5, 0.6) is 0 Å². The molecular formula is C7H7N3O6S. The van der Waals surface area contributed by atoms with Crippen molar-refractivity contribution in [2.75, 3.05) is 11.9 Å². The molecule has 0 aliphatic heterocycles. The van der Waals surface area contributed by atoms with Gasteiger partial charge in [0.05, 0.1) is 16.3 Å². The van der Waals surface area contributed by atoms with Crippen LogP contribution in [0.3, 0.4) is 0 Å². The van der Waals surface area contributed by atoms with Crippen LogP contribution >= 0.6 is 11.3 Å². The highest BCUT2D eigenvalue weighted by atomic mass is 32.1. The Kier molecular flexibility index (Phi) is 3.93. The summed E-state index contributed by atoms with van der Waals surface area (Å²) in [5.74, 6) is -1.06. The van der Waals surface area contributed by atoms with Gasteiger partial charge in [-0.25, -0.2) is 0 Å². The molecule has 0 fully saturated rings. The molecule has 1 aromatic heterocycles. The Bertz CT molecular complexity index is 470. The molecule has 0 aromatic carbocycles. The van der Waals surface area contributed by atoms with E-state index in [0.29, 0.717) is 11.3 Å². The average molecular weight is 261 g/mol. The third kappa shape index (κ3) is 3.38. The van der Waals surface area contributed by atoms with Crippen molar-refractivity contribution in [3.8, 4) is 0 Å². The zero-order chi connectivity index (χ0) is 13.0. The Morgan fingerprint density at radius 3 is 2.53 bits per heavy atom. The van der Waals surface area contributed by atoms with Gasteiger partial charge in [0.1, 0.15) is 6.07 Å². The molecule has 0 aliphatic rings. The van der Waals surface area contributed by atoms with Crippen molar-refractivity contribution in [1.82, 2.24) is 0 Å². The van der Waals surface area contributed by atoms with Gasteiger partial charge in [0.25, 0.3) is 0 Å². The number of anilines is 1. The maximum Gasteiger partial charge on any atom is 0.333 e. The van der Waals surface area contributed by atoms with E-state index in [1.165, 1.54) is 0 Å². The minimum absolute atomic E-state index is 0.0112. The van der Waals surface area contributed by atoms with Gasteiger partial charge in [-0.3, -0.25) is 25.0 Å². The van der Waals surface area contributed by atoms with Crippen LogP contribution < -0.4 is 5.32 Å². The summed E-state index contributed by atoms with van der Waals surface area (Å²) >= 11 is 0.603. The number of hydrogen-bond acceptors (Lipinski definition) is 7. The maximum absolute atomic E-state index is 10.6. The monoisotopic (exact) mass is 261 g/mol. The van der Waals surface area contributed by atoms with Crippen molar-refractivity contribution in [1.29, 1.82) is 0 Å². The lowest BCUT2D eigenvalue weighted by molar-refractivity contribution is -0.389. The molecule has 0 atom stereocenters. The largest absolute Gasteiger partial charge is 0.481 e. The van der Waals surface area contributed by atoms with Crippen molar-refractivity contribution in [2.45, 2.75) is 6.42 Å². The van der Waals surface area contributed by atoms with Crippen molar-refractivity contribution in [3.05, 3.63) is 26.3 Å². The summed E-state index contributed by atoms with van der Waals surface area (Å²) in [6, 6.07) is 0.841. The summed E-state index contributed by atoms with van der Waals surface area (Å²) in [4.78, 5) is 29.8. The van der Waals surface area contributed by atoms with Crippen LogP contribution in [0.2, 0.25) is 0 Å². The smallest absolute Gasteiger partial charge is 0.333 e. The number of nitrogens with one attached hydrogen (secondary N) is 1. The molecule has 17 heavy (non-hydrogen) atoms. The summed E-state index contributed by atoms with van der Waals surface area (Å²) < 4.78 is 0. The molecule has 10 heteroatoms. The summed E-state index contributed by atoms with van der Waals surface area (Å²) in [5.41, 5.74) is -0.424. The number of hydrogen-bond donors (Lipinski definition) is 2. The lowest BCUT2D eigenvalue weighted by Crippen LogP contribution is -2.07. The van der Waals surface area contributed by atoms with Gasteiger partial charge in [-0.1, -0.05) is 0 Å². The second-order valence-electron chi connectivity index (χ2n) is 2.88. The number of thiophene rings is 1. The van der Waals surface area contributed by atoms with Crippen LogP contribution in [-0.2, 0) is 4.79 Å². The lowest BCUT2D eigenvalue weighted by atomic mass is 10.4. The second-order valence-corrected chi connectivity index (χ2v) is 3.91. The van der Waals surface area contributed by atoms with Gasteiger partial charge >= 0.3 is 16.7 Å². The number of carbonyl (C=O) groups is 1. The third-order valence-corrected chi connectivity index (χ3v) is 2.73. The van der Waals surface area contributed by atoms with Gasteiger partial charge in [-0.2, -0.15) is 0 Å². The molecule has 0 bridgehead atoms. The molecule has 0 saturated carbocycles. The molecule has 0 saturated heterocycles. The van der Waals surface area contributed by atoms with Gasteiger partial charge in [0.15, 0.2) is 5.00 Å². The Hall–Kier alpha value is -2.23. The van der Waals surface area contributed by atoms with E-state index in [1.54, 1.807) is 0 Å². The first-order valence-electron chi connectivity index (χ1n) is 4.30. The number of carboxylic acids is 1. The van der Waals surface area contributed by atoms with E-state index < -0.39 is 21.5 Å². The molecule has 1 rings (SSSR count). The van der Waals surface area contributed by atoms with Crippen LogP contribution in [0.1, 0.15) is 6.42 Å². The first-order valence-corrected chi connectivity index (χ1v) is 5.11. The summed E-state index contributed by atoms with van der Waals surface area (Å²) in [6.45, 7) is -0.0339. The normalized spacial score (nSPS) is 9.88. The highest BCUT2D eigenvalue weighted by molar-refractivity contribution is 7.19. The zero-order valence-electron chi connectivity index (χ0n) is 8.28. The highest BCUT2D eigenvalue weighted by Gasteiger charge is 2.24. The Labute approximate surface area is 98.0 Å². The molecule has 0 spiro atoms. The molecule has 1 aromatic rings. The van der Waals surface area contributed by atoms with E-state index in [0.717, 1.165) is 6.07 Å². The fraction of sp³-hybridized carbons (Fsp3) is 0.286. The standard InChI is InChI=1S/C7H7N3O6S/c11-6(12)1-2-8-7-4(9(13)14)3-5(17-7)10(15)16/h3,8H,1-2H2,(H,11,12). The summed E-state index contributed by atoms with van der Waals surface area (Å²) in [6.07, 6.45) is -0.233. The Balaban J connectivity index is 2.85. The van der Waals surface area contributed by atoms with Gasteiger partial charge in [0, 0.05) is 6.54 Å². The zero-order valence-corrected chi connectivity index (χ0v) is 9.10. The van der Waals surface area contributed by atoms with Gasteiger partial charge in [-0.15, -0.1) is 0 Å². The molecule has 2 N–H and O–H groups in total. The van der Waals surface area contributed by atoms with Crippen LogP contribution in [0.4, 0.5) is 15.7 Å². The molecule has 1 heterocycles. The molecule has 0 unspecified atom stereocenters. The van der Waals surface area contributed by atoms with Crippen LogP contribution in [-0.4, -0.2) is 27.5 Å². The van der Waals surface area contributed by atoms with E-state index >= 15 is 0 Å². The fourth-order valence-corrected chi connectivity index (χ4v) is 1.87. The molecule has 92 valence electrons. The minimum atomic E-state index is -1.06. The Morgan fingerprint density at radius 1 is 1.41 bits per heavy atom. The fourth-order valence-electron chi connectivity index (χ4n) is 1.00. The number of nitro groups is 2. The predicted octanol–water partition coefficient (Wildman–Crippen LogP) is 1.45. The third-order valence-electron chi connectivity index (χ3n) is 1.70. The summed E-state index contributed by atoms with van der Waals surface area (Å²) in [7, 11) is 0. The highest BCUT2D eigenvalue weighted by Crippen LogP contribution is 2.38. The van der Waals surface area contributed by atoms with E-state index in [9.17, 15) is 25.0 Å². The predicted molar refractivity (Wildman–Crippen MR) is 58.4 cm³/mol. The average Bonchev–Trinajstić information content (AvgIpc) is 2.61. The SMILES string of the molecule is O=C(O)CCNc1sc([N+](=O)[O-])cc1[N+](=O)[O-]. The van der Waals surface area contributed by atoms with E-state index in [4.69, 9.17) is 5.11 Å². The van der Waals surface area contributed by atoms with Crippen molar-refractivity contribution >= 4 is 33.0 Å². The number of nitrogens with zero attached hydrogens (tertiary/aromatic N) is 2. The summed E-state index contributed by atoms with van der Waals surface area (Å²) in [5, 5.41) is 31.5. The second kappa shape index (κ2) is 5.21. The van der Waals surface area contributed by atoms with Gasteiger partial charge in [-0.05, 0) is 11.3 Å². The van der Waals surface area contributed by atoms with E-state index in [-0.39, 0.29) is 23.0 Å². The molecule has 0 amide bonds. The minimum Gasteiger partial charge on any atom is -0.481 e. The number of aliphatic carboxylic acids is 1. The Morgan fingerprint density at radius 2 is 2.06 bits per heavy atom. The van der Waals surface area contributed by atoms with Gasteiger partial charge in [0.2, 0.25) is 0 Å². The van der Waals surface area contributed by atoms with Crippen molar-refractivity contribution in [2.24, 2.45) is 0 Å². The van der Waals surface area contributed by atoms with Crippen molar-refractivity contribution < 1.29 is 19.7 Å². The molecule has 0 aliphatic carbocycles. The van der Waals surface area contributed by atoms with E-state index in [2.05, 4.69) is 5.32 Å². The first kappa shape index (κ1) is 12.8. The molecular weight excluding hydrogens is 254 g/mol. The molecule has 0 radical (unpaired) electrons. The van der Waals surface area contributed by atoms with Gasteiger partial charge < -0.3 is 10.4 Å². The van der Waals surface area contributed by atoms with Crippen molar-refractivity contribution in [3.63, 3.8) is 0 Å². The van der Waals surface area contributed by atoms with Crippen LogP contribution in [0.25, 0.3) is 0 Å². The first-order chi connectivity index (χ1) is 7.91. The molecule has 9 nitrogen and oxygen atoms in total. The van der Waals surface area contributed by atoms with Crippen LogP contribution in [0.15, 0.2) is 6.07 Å². The lowest BCUT2D eigenvalue weighted by Gasteiger charge is -1.99. The number of rotatable bonds is 6. The van der Waals surface area contributed by atoms with Crippen LogP contribution in [0, 0.1) is 20.2 Å². The van der Waals surface area contributed by atoms with E-state index in [1.807, 2.05) is 0 Å². The topological polar surface area (TPSA) is 136 Å².